The maximum Gasteiger partial charge on any atom is 0.305 e. The van der Waals surface area contributed by atoms with E-state index in [2.05, 4.69) is 0 Å². The van der Waals surface area contributed by atoms with E-state index >= 15 is 0 Å². The highest BCUT2D eigenvalue weighted by Crippen LogP contribution is 2.10. The van der Waals surface area contributed by atoms with Crippen LogP contribution in [0.2, 0.25) is 0 Å². The molecule has 1 aromatic carbocycles. The number of benzene rings is 1. The molecule has 4 heteroatoms. The molecule has 0 amide bonds. The lowest BCUT2D eigenvalue weighted by Gasteiger charge is -2.08. The van der Waals surface area contributed by atoms with Gasteiger partial charge >= 0.3 is 7.48 Å². The molecule has 0 fully saturated rings. The first-order valence-electron chi connectivity index (χ1n) is 3.72. The van der Waals surface area contributed by atoms with Gasteiger partial charge < -0.3 is 10.1 Å². The second-order valence-corrected chi connectivity index (χ2v) is 2.68. The first kappa shape index (κ1) is 9.22. The van der Waals surface area contributed by atoms with E-state index in [1.54, 1.807) is 0 Å². The summed E-state index contributed by atoms with van der Waals surface area (Å²) < 4.78 is 12.7. The van der Waals surface area contributed by atoms with Gasteiger partial charge in [0.05, 0.1) is 6.10 Å². The second-order valence-electron chi connectivity index (χ2n) is 2.68. The second kappa shape index (κ2) is 3.69. The largest absolute Gasteiger partial charge is 0.449 e. The third kappa shape index (κ3) is 1.84. The molecule has 0 saturated heterocycles. The Labute approximate surface area is 70.9 Å². The predicted octanol–water partition coefficient (Wildman–Crippen LogP) is -0.152. The van der Waals surface area contributed by atoms with Gasteiger partial charge in [-0.15, -0.1) is 0 Å². The molecular weight excluding hydrogens is 158 g/mol. The standard InChI is InChI=1S/C8H10BFO2/c1-5(11)7-4-6(10)2-3-8(7)9-12/h2-5,9,11-12H,1H3. The molecule has 0 radical (unpaired) electrons. The zero-order chi connectivity index (χ0) is 9.14. The molecule has 1 atom stereocenters. The van der Waals surface area contributed by atoms with Crippen LogP contribution >= 0.6 is 0 Å². The lowest BCUT2D eigenvalue weighted by Crippen LogP contribution is -2.20. The molecule has 0 saturated carbocycles. The topological polar surface area (TPSA) is 40.5 Å². The van der Waals surface area contributed by atoms with Gasteiger partial charge in [-0.1, -0.05) is 6.07 Å². The van der Waals surface area contributed by atoms with Crippen molar-refractivity contribution in [2.45, 2.75) is 13.0 Å². The van der Waals surface area contributed by atoms with Gasteiger partial charge in [-0.25, -0.2) is 4.39 Å². The van der Waals surface area contributed by atoms with Crippen LogP contribution in [-0.4, -0.2) is 17.6 Å². The van der Waals surface area contributed by atoms with Crippen LogP contribution < -0.4 is 5.46 Å². The molecule has 2 N–H and O–H groups in total. The monoisotopic (exact) mass is 168 g/mol. The van der Waals surface area contributed by atoms with Crippen LogP contribution in [-0.2, 0) is 0 Å². The van der Waals surface area contributed by atoms with E-state index in [0.717, 1.165) is 0 Å². The quantitative estimate of drug-likeness (QED) is 0.602. The lowest BCUT2D eigenvalue weighted by atomic mass is 9.83. The molecular formula is C8H10BFO2. The average Bonchev–Trinajstić information content (AvgIpc) is 2.04. The number of aliphatic hydroxyl groups is 1. The molecule has 1 unspecified atom stereocenters. The van der Waals surface area contributed by atoms with Crippen LogP contribution in [0.5, 0.6) is 0 Å². The fourth-order valence-corrected chi connectivity index (χ4v) is 1.10. The van der Waals surface area contributed by atoms with Gasteiger partial charge in [0.1, 0.15) is 5.82 Å². The highest BCUT2D eigenvalue weighted by atomic mass is 19.1. The van der Waals surface area contributed by atoms with Gasteiger partial charge in [0.2, 0.25) is 0 Å². The van der Waals surface area contributed by atoms with Crippen LogP contribution in [0.15, 0.2) is 18.2 Å². The summed E-state index contributed by atoms with van der Waals surface area (Å²) in [4.78, 5) is 0. The fraction of sp³-hybridized carbons (Fsp3) is 0.250. The summed E-state index contributed by atoms with van der Waals surface area (Å²) >= 11 is 0. The maximum absolute atomic E-state index is 12.7. The highest BCUT2D eigenvalue weighted by molar-refractivity contribution is 6.46. The van der Waals surface area contributed by atoms with Crippen LogP contribution in [0.25, 0.3) is 0 Å². The van der Waals surface area contributed by atoms with Crippen LogP contribution in [0.3, 0.4) is 0 Å². The normalized spacial score (nSPS) is 12.7. The van der Waals surface area contributed by atoms with Gasteiger partial charge in [-0.05, 0) is 30.1 Å². The van der Waals surface area contributed by atoms with Crippen molar-refractivity contribution in [2.75, 3.05) is 0 Å². The van der Waals surface area contributed by atoms with Crippen molar-refractivity contribution in [3.63, 3.8) is 0 Å². The maximum atomic E-state index is 12.7. The Kier molecular flexibility index (Phi) is 2.84. The molecule has 0 heterocycles. The number of aliphatic hydroxyl groups excluding tert-OH is 1. The summed E-state index contributed by atoms with van der Waals surface area (Å²) in [5.74, 6) is -0.400. The molecule has 2 nitrogen and oxygen atoms in total. The van der Waals surface area contributed by atoms with Gasteiger partial charge in [0, 0.05) is 0 Å². The average molecular weight is 168 g/mol. The Balaban J connectivity index is 3.12. The van der Waals surface area contributed by atoms with E-state index in [4.69, 9.17) is 5.02 Å². The third-order valence-corrected chi connectivity index (χ3v) is 1.73. The number of hydrogen-bond donors (Lipinski definition) is 2. The summed E-state index contributed by atoms with van der Waals surface area (Å²) in [5, 5.41) is 18.0. The summed E-state index contributed by atoms with van der Waals surface area (Å²) in [6.07, 6.45) is -0.747. The van der Waals surface area contributed by atoms with Crippen molar-refractivity contribution >= 4 is 12.9 Å². The molecule has 1 aromatic rings. The van der Waals surface area contributed by atoms with Crippen molar-refractivity contribution < 1.29 is 14.5 Å². The zero-order valence-corrected chi connectivity index (χ0v) is 6.79. The molecule has 0 aliphatic carbocycles. The van der Waals surface area contributed by atoms with Gasteiger partial charge in [0.15, 0.2) is 0 Å². The summed E-state index contributed by atoms with van der Waals surface area (Å²) in [5.41, 5.74) is 1.00. The van der Waals surface area contributed by atoms with E-state index in [1.807, 2.05) is 0 Å². The van der Waals surface area contributed by atoms with Gasteiger partial charge in [-0.2, -0.15) is 0 Å². The van der Waals surface area contributed by atoms with Crippen molar-refractivity contribution in [1.82, 2.24) is 0 Å². The molecule has 0 aromatic heterocycles. The Hall–Kier alpha value is -0.865. The minimum absolute atomic E-state index is 0.180. The zero-order valence-electron chi connectivity index (χ0n) is 6.79. The Morgan fingerprint density at radius 1 is 1.50 bits per heavy atom. The Morgan fingerprint density at radius 2 is 2.17 bits per heavy atom. The van der Waals surface area contributed by atoms with Gasteiger partial charge in [0.25, 0.3) is 0 Å². The van der Waals surface area contributed by atoms with Crippen molar-refractivity contribution in [3.8, 4) is 0 Å². The lowest BCUT2D eigenvalue weighted by molar-refractivity contribution is 0.200. The molecule has 64 valence electrons. The molecule has 0 spiro atoms. The van der Waals surface area contributed by atoms with Crippen molar-refractivity contribution in [1.29, 1.82) is 0 Å². The number of hydrogen-bond acceptors (Lipinski definition) is 2. The SMILES string of the molecule is CC(O)c1cc(F)ccc1BO. The molecule has 1 rings (SSSR count). The Bertz CT molecular complexity index is 276. The summed E-state index contributed by atoms with van der Waals surface area (Å²) in [7, 11) is -0.180. The first-order chi connectivity index (χ1) is 5.65. The van der Waals surface area contributed by atoms with Gasteiger partial charge in [-0.3, -0.25) is 0 Å². The Morgan fingerprint density at radius 3 is 2.67 bits per heavy atom. The van der Waals surface area contributed by atoms with E-state index < -0.39 is 11.9 Å². The number of rotatable bonds is 2. The minimum atomic E-state index is -0.747. The highest BCUT2D eigenvalue weighted by Gasteiger charge is 2.08. The minimum Gasteiger partial charge on any atom is -0.449 e. The first-order valence-corrected chi connectivity index (χ1v) is 3.72. The molecule has 12 heavy (non-hydrogen) atoms. The third-order valence-electron chi connectivity index (χ3n) is 1.73. The van der Waals surface area contributed by atoms with Crippen molar-refractivity contribution in [3.05, 3.63) is 29.6 Å². The summed E-state index contributed by atoms with van der Waals surface area (Å²) in [6, 6.07) is 3.96. The molecule has 0 aliphatic heterocycles. The van der Waals surface area contributed by atoms with E-state index in [9.17, 15) is 9.50 Å². The molecule has 0 aliphatic rings. The van der Waals surface area contributed by atoms with E-state index in [0.29, 0.717) is 11.0 Å². The van der Waals surface area contributed by atoms with E-state index in [-0.39, 0.29) is 7.48 Å². The number of halogens is 1. The smallest absolute Gasteiger partial charge is 0.305 e. The van der Waals surface area contributed by atoms with E-state index in [1.165, 1.54) is 25.1 Å². The van der Waals surface area contributed by atoms with Crippen LogP contribution in [0.1, 0.15) is 18.6 Å². The van der Waals surface area contributed by atoms with Crippen LogP contribution in [0, 0.1) is 5.82 Å². The molecule has 0 bridgehead atoms. The van der Waals surface area contributed by atoms with Crippen LogP contribution in [0.4, 0.5) is 4.39 Å². The predicted molar refractivity (Wildman–Crippen MR) is 46.0 cm³/mol. The fourth-order valence-electron chi connectivity index (χ4n) is 1.10. The summed E-state index contributed by atoms with van der Waals surface area (Å²) in [6.45, 7) is 1.54. The van der Waals surface area contributed by atoms with Crippen molar-refractivity contribution in [2.24, 2.45) is 0 Å².